The molecule has 3 unspecified atom stereocenters. The van der Waals surface area contributed by atoms with E-state index in [0.29, 0.717) is 18.1 Å². The minimum Gasteiger partial charge on any atom is -0.365 e. The molecule has 0 bridgehead atoms. The third kappa shape index (κ3) is 1.92. The van der Waals surface area contributed by atoms with Gasteiger partial charge in [0.25, 0.3) is 0 Å². The van der Waals surface area contributed by atoms with Crippen molar-refractivity contribution in [2.45, 2.75) is 70.2 Å². The average Bonchev–Trinajstić information content (AvgIpc) is 2.70. The van der Waals surface area contributed by atoms with Crippen LogP contribution in [0.2, 0.25) is 0 Å². The van der Waals surface area contributed by atoms with Crippen molar-refractivity contribution in [3.05, 3.63) is 0 Å². The fraction of sp³-hybridized carbons (Fsp3) is 0.933. The molecule has 3 fully saturated rings. The maximum Gasteiger partial charge on any atom is 0.168 e. The summed E-state index contributed by atoms with van der Waals surface area (Å²) in [4.78, 5) is 11.8. The molecule has 0 aromatic rings. The Bertz CT molecular complexity index is 341. The van der Waals surface area contributed by atoms with Gasteiger partial charge in [0.15, 0.2) is 5.79 Å². The summed E-state index contributed by atoms with van der Waals surface area (Å²) >= 11 is 0. The lowest BCUT2D eigenvalue weighted by Gasteiger charge is -2.50. The maximum absolute atomic E-state index is 11.8. The van der Waals surface area contributed by atoms with Crippen molar-refractivity contribution in [1.82, 2.24) is 0 Å². The number of ketones is 1. The second kappa shape index (κ2) is 4.61. The number of ether oxygens (including phenoxy) is 1. The summed E-state index contributed by atoms with van der Waals surface area (Å²) in [5.74, 6) is 0.318. The van der Waals surface area contributed by atoms with Gasteiger partial charge in [0.1, 0.15) is 5.78 Å². The second-order valence-electron chi connectivity index (χ2n) is 6.37. The van der Waals surface area contributed by atoms with Crippen LogP contribution in [-0.4, -0.2) is 22.8 Å². The SMILES string of the molecule is CCCC1CCC2[C@@H]3CCC(=O)[C@H]3CCC2(O)O1. The van der Waals surface area contributed by atoms with Crippen molar-refractivity contribution < 1.29 is 14.6 Å². The van der Waals surface area contributed by atoms with Crippen LogP contribution >= 0.6 is 0 Å². The van der Waals surface area contributed by atoms with E-state index >= 15 is 0 Å². The third-order valence-corrected chi connectivity index (χ3v) is 5.35. The first-order valence-corrected chi connectivity index (χ1v) is 7.57. The van der Waals surface area contributed by atoms with E-state index in [2.05, 4.69) is 6.92 Å². The number of rotatable bonds is 2. The first-order valence-electron chi connectivity index (χ1n) is 7.57. The van der Waals surface area contributed by atoms with E-state index in [0.717, 1.165) is 44.9 Å². The standard InChI is InChI=1S/C15H24O3/c1-2-3-10-4-6-13-11-5-7-14(16)12(11)8-9-15(13,17)18-10/h10-13,17H,2-9H2,1H3/t10?,11-,12+,13?,15?/m1/s1. The van der Waals surface area contributed by atoms with Crippen molar-refractivity contribution in [2.24, 2.45) is 17.8 Å². The molecule has 18 heavy (non-hydrogen) atoms. The molecule has 0 aromatic heterocycles. The largest absolute Gasteiger partial charge is 0.365 e. The molecular weight excluding hydrogens is 228 g/mol. The molecule has 0 spiro atoms. The van der Waals surface area contributed by atoms with Gasteiger partial charge in [-0.25, -0.2) is 0 Å². The Balaban J connectivity index is 1.75. The zero-order valence-electron chi connectivity index (χ0n) is 11.2. The highest BCUT2D eigenvalue weighted by Crippen LogP contribution is 2.52. The highest BCUT2D eigenvalue weighted by molar-refractivity contribution is 5.83. The molecule has 3 nitrogen and oxygen atoms in total. The van der Waals surface area contributed by atoms with Crippen LogP contribution in [0.25, 0.3) is 0 Å². The van der Waals surface area contributed by atoms with E-state index in [4.69, 9.17) is 4.74 Å². The van der Waals surface area contributed by atoms with E-state index in [9.17, 15) is 9.90 Å². The average molecular weight is 252 g/mol. The molecule has 1 aliphatic heterocycles. The molecule has 2 aliphatic carbocycles. The fourth-order valence-corrected chi connectivity index (χ4v) is 4.50. The molecule has 3 rings (SSSR count). The summed E-state index contributed by atoms with van der Waals surface area (Å²) in [6.45, 7) is 2.16. The molecule has 2 saturated carbocycles. The predicted molar refractivity (Wildman–Crippen MR) is 67.9 cm³/mol. The second-order valence-corrected chi connectivity index (χ2v) is 6.37. The molecule has 1 N–H and O–H groups in total. The first-order chi connectivity index (χ1) is 8.64. The lowest BCUT2D eigenvalue weighted by atomic mass is 9.67. The number of Topliss-reactive ketones (excluding diaryl/α,β-unsaturated/α-hetero) is 1. The van der Waals surface area contributed by atoms with E-state index in [1.165, 1.54) is 0 Å². The van der Waals surface area contributed by atoms with Gasteiger partial charge in [-0.05, 0) is 38.0 Å². The Morgan fingerprint density at radius 2 is 2.17 bits per heavy atom. The number of hydrogen-bond donors (Lipinski definition) is 1. The van der Waals surface area contributed by atoms with Crippen LogP contribution in [0.15, 0.2) is 0 Å². The van der Waals surface area contributed by atoms with Crippen LogP contribution in [0.4, 0.5) is 0 Å². The van der Waals surface area contributed by atoms with Gasteiger partial charge in [-0.1, -0.05) is 13.3 Å². The summed E-state index contributed by atoms with van der Waals surface area (Å²) < 4.78 is 6.01. The lowest BCUT2D eigenvalue weighted by Crippen LogP contribution is -2.54. The van der Waals surface area contributed by atoms with E-state index < -0.39 is 5.79 Å². The molecular formula is C15H24O3. The summed E-state index contributed by atoms with van der Waals surface area (Å²) in [6, 6.07) is 0. The third-order valence-electron chi connectivity index (χ3n) is 5.35. The van der Waals surface area contributed by atoms with E-state index in [-0.39, 0.29) is 17.9 Å². The van der Waals surface area contributed by atoms with Crippen LogP contribution in [0.1, 0.15) is 58.3 Å². The fourth-order valence-electron chi connectivity index (χ4n) is 4.50. The minimum atomic E-state index is -0.927. The molecule has 3 heteroatoms. The van der Waals surface area contributed by atoms with Crippen molar-refractivity contribution >= 4 is 5.78 Å². The van der Waals surface area contributed by atoms with Gasteiger partial charge in [0, 0.05) is 24.7 Å². The van der Waals surface area contributed by atoms with Crippen LogP contribution in [0.3, 0.4) is 0 Å². The molecule has 3 aliphatic rings. The monoisotopic (exact) mass is 252 g/mol. The number of aliphatic hydroxyl groups is 1. The normalized spacial score (nSPS) is 47.8. The smallest absolute Gasteiger partial charge is 0.168 e. The Kier molecular flexibility index (Phi) is 3.23. The molecule has 1 saturated heterocycles. The van der Waals surface area contributed by atoms with E-state index in [1.807, 2.05) is 0 Å². The number of fused-ring (bicyclic) bond motifs is 3. The van der Waals surface area contributed by atoms with Crippen LogP contribution in [-0.2, 0) is 9.53 Å². The number of carbonyl (C=O) groups excluding carboxylic acids is 1. The van der Waals surface area contributed by atoms with Gasteiger partial charge in [-0.3, -0.25) is 4.79 Å². The highest BCUT2D eigenvalue weighted by atomic mass is 16.6. The topological polar surface area (TPSA) is 46.5 Å². The number of carbonyl (C=O) groups is 1. The lowest BCUT2D eigenvalue weighted by molar-refractivity contribution is -0.309. The van der Waals surface area contributed by atoms with Gasteiger partial charge in [0.2, 0.25) is 0 Å². The maximum atomic E-state index is 11.8. The quantitative estimate of drug-likeness (QED) is 0.822. The highest BCUT2D eigenvalue weighted by Gasteiger charge is 2.55. The summed E-state index contributed by atoms with van der Waals surface area (Å²) in [5, 5.41) is 10.8. The zero-order chi connectivity index (χ0) is 12.8. The Morgan fingerprint density at radius 3 is 2.94 bits per heavy atom. The molecule has 102 valence electrons. The summed E-state index contributed by atoms with van der Waals surface area (Å²) in [7, 11) is 0. The van der Waals surface area contributed by atoms with Crippen molar-refractivity contribution in [3.8, 4) is 0 Å². The minimum absolute atomic E-state index is 0.204. The van der Waals surface area contributed by atoms with Crippen LogP contribution in [0.5, 0.6) is 0 Å². The molecule has 0 amide bonds. The van der Waals surface area contributed by atoms with Gasteiger partial charge >= 0.3 is 0 Å². The first kappa shape index (κ1) is 12.6. The summed E-state index contributed by atoms with van der Waals surface area (Å²) in [6.07, 6.45) is 7.65. The Hall–Kier alpha value is -0.410. The van der Waals surface area contributed by atoms with Gasteiger partial charge in [0.05, 0.1) is 6.10 Å². The number of hydrogen-bond acceptors (Lipinski definition) is 3. The van der Waals surface area contributed by atoms with Crippen molar-refractivity contribution in [2.75, 3.05) is 0 Å². The molecule has 0 radical (unpaired) electrons. The molecule has 1 heterocycles. The van der Waals surface area contributed by atoms with Gasteiger partial charge < -0.3 is 9.84 Å². The van der Waals surface area contributed by atoms with Crippen LogP contribution in [0, 0.1) is 17.8 Å². The van der Waals surface area contributed by atoms with Gasteiger partial charge in [-0.2, -0.15) is 0 Å². The Morgan fingerprint density at radius 1 is 1.33 bits per heavy atom. The van der Waals surface area contributed by atoms with E-state index in [1.54, 1.807) is 0 Å². The predicted octanol–water partition coefficient (Wildman–Crippen LogP) is 2.66. The Labute approximate surface area is 109 Å². The van der Waals surface area contributed by atoms with Gasteiger partial charge in [-0.15, -0.1) is 0 Å². The molecule has 0 aromatic carbocycles. The van der Waals surface area contributed by atoms with Crippen LogP contribution < -0.4 is 0 Å². The zero-order valence-corrected chi connectivity index (χ0v) is 11.2. The van der Waals surface area contributed by atoms with Crippen molar-refractivity contribution in [1.29, 1.82) is 0 Å². The molecule has 5 atom stereocenters. The van der Waals surface area contributed by atoms with Crippen molar-refractivity contribution in [3.63, 3.8) is 0 Å². The summed E-state index contributed by atoms with van der Waals surface area (Å²) in [5.41, 5.74) is 0.